The number of alkyl halides is 24. The molecule has 0 aliphatic carbocycles. The number of aromatic nitrogens is 2. The van der Waals surface area contributed by atoms with Gasteiger partial charge in [-0.25, -0.2) is 4.79 Å². The zero-order chi connectivity index (χ0) is 58.3. The van der Waals surface area contributed by atoms with Gasteiger partial charge in [-0.2, -0.15) is 132 Å². The standard InChI is InChI=1S/C32H12BF24.C14H12N2O3S/c34-25(35,36)13-1-14(26(37,38)39)6-21(5-13)33(22-7-15(27(40,41)42)2-16(8-22)28(43,44)45,23-9-17(29(46,47)48)3-18(10-23)30(49,50)51)24-11-19(31(52,53)54)4-20(12-24)32(55,56)57;17-13(11-4-2-1-3-5-11)9-16-7-6-15-8-12(16)14(18)19-10-20/h1-12H;1-8H,9-10H2/q-1;/p+1. The second-order valence-electron chi connectivity index (χ2n) is 16.2. The van der Waals surface area contributed by atoms with Crippen molar-refractivity contribution >= 4 is 52.4 Å². The van der Waals surface area contributed by atoms with Crippen molar-refractivity contribution in [3.8, 4) is 0 Å². The summed E-state index contributed by atoms with van der Waals surface area (Å²) in [5.41, 5.74) is -29.4. The van der Waals surface area contributed by atoms with Crippen LogP contribution in [0.2, 0.25) is 0 Å². The maximum absolute atomic E-state index is 14.2. The molecule has 1 aromatic heterocycles. The molecule has 0 aliphatic rings. The molecule has 31 heteroatoms. The third kappa shape index (κ3) is 14.4. The molecule has 0 atom stereocenters. The van der Waals surface area contributed by atoms with Crippen LogP contribution in [0.4, 0.5) is 105 Å². The van der Waals surface area contributed by atoms with Gasteiger partial charge in [-0.15, -0.1) is 12.6 Å². The molecule has 0 saturated heterocycles. The van der Waals surface area contributed by atoms with E-state index in [0.29, 0.717) is 5.56 Å². The van der Waals surface area contributed by atoms with Crippen molar-refractivity contribution in [3.63, 3.8) is 0 Å². The molecule has 0 bridgehead atoms. The Bertz CT molecular complexity index is 2690. The maximum Gasteiger partial charge on any atom is 0.416 e. The van der Waals surface area contributed by atoms with Crippen molar-refractivity contribution < 1.29 is 124 Å². The number of hydrogen-bond acceptors (Lipinski definition) is 5. The average molecular weight is 1150 g/mol. The van der Waals surface area contributed by atoms with Crippen LogP contribution >= 0.6 is 12.6 Å². The summed E-state index contributed by atoms with van der Waals surface area (Å²) < 4.78 is 347. The Balaban J connectivity index is 0.000000455. The van der Waals surface area contributed by atoms with E-state index in [9.17, 15) is 115 Å². The number of rotatable bonds is 9. The molecule has 6 rings (SSSR count). The Hall–Kier alpha value is -6.95. The molecule has 0 N–H and O–H groups in total. The first-order valence-corrected chi connectivity index (χ1v) is 21.2. The van der Waals surface area contributed by atoms with Crippen LogP contribution in [0.1, 0.15) is 65.4 Å². The van der Waals surface area contributed by atoms with Gasteiger partial charge in [0, 0.05) is 5.56 Å². The summed E-state index contributed by atoms with van der Waals surface area (Å²) >= 11 is 3.83. The number of thiol groups is 1. The molecular weight excluding hydrogens is 1130 g/mol. The summed E-state index contributed by atoms with van der Waals surface area (Å²) in [4.78, 5) is 27.7. The van der Waals surface area contributed by atoms with Gasteiger partial charge >= 0.3 is 61.1 Å². The highest BCUT2D eigenvalue weighted by atomic mass is 32.1. The van der Waals surface area contributed by atoms with Crippen molar-refractivity contribution in [1.82, 2.24) is 4.98 Å². The van der Waals surface area contributed by atoms with Crippen molar-refractivity contribution in [3.05, 3.63) is 177 Å². The van der Waals surface area contributed by atoms with Crippen LogP contribution in [0.3, 0.4) is 0 Å². The topological polar surface area (TPSA) is 60.1 Å². The first kappa shape index (κ1) is 60.9. The zero-order valence-corrected chi connectivity index (χ0v) is 38.1. The molecule has 5 nitrogen and oxygen atoms in total. The van der Waals surface area contributed by atoms with Crippen LogP contribution in [0.25, 0.3) is 0 Å². The summed E-state index contributed by atoms with van der Waals surface area (Å²) in [6.07, 6.45) is -50.4. The van der Waals surface area contributed by atoms with Gasteiger partial charge in [0.25, 0.3) is 0 Å². The first-order valence-electron chi connectivity index (χ1n) is 20.5. The van der Waals surface area contributed by atoms with Gasteiger partial charge in [0.05, 0.1) is 50.7 Å². The molecule has 0 amide bonds. The molecule has 0 saturated carbocycles. The summed E-state index contributed by atoms with van der Waals surface area (Å²) in [5.74, 6) is -0.684. The van der Waals surface area contributed by atoms with Crippen molar-refractivity contribution in [2.75, 3.05) is 5.94 Å². The molecule has 414 valence electrons. The molecule has 0 radical (unpaired) electrons. The van der Waals surface area contributed by atoms with Gasteiger partial charge in [-0.05, 0) is 24.3 Å². The number of ketones is 1. The third-order valence-electron chi connectivity index (χ3n) is 11.1. The average Bonchev–Trinajstić information content (AvgIpc) is 3.30. The molecule has 1 heterocycles. The number of ether oxygens (including phenoxy) is 1. The fraction of sp³-hybridized carbons (Fsp3) is 0.217. The normalized spacial score (nSPS) is 13.2. The predicted octanol–water partition coefficient (Wildman–Crippen LogP) is 12.5. The van der Waals surface area contributed by atoms with E-state index in [4.69, 9.17) is 4.74 Å². The van der Waals surface area contributed by atoms with Gasteiger partial charge in [0.1, 0.15) is 18.3 Å². The summed E-state index contributed by atoms with van der Waals surface area (Å²) in [6, 6.07) is 0.0771. The minimum absolute atomic E-state index is 0.0274. The zero-order valence-electron chi connectivity index (χ0n) is 37.2. The highest BCUT2D eigenvalue weighted by Crippen LogP contribution is 2.41. The highest BCUT2D eigenvalue weighted by molar-refractivity contribution is 7.80. The number of benzene rings is 5. The highest BCUT2D eigenvalue weighted by Gasteiger charge is 2.47. The van der Waals surface area contributed by atoms with Gasteiger partial charge in [0.2, 0.25) is 12.3 Å². The number of halogens is 24. The van der Waals surface area contributed by atoms with Crippen LogP contribution < -0.4 is 26.4 Å². The number of esters is 1. The Morgan fingerprint density at radius 3 is 0.961 bits per heavy atom. The van der Waals surface area contributed by atoms with E-state index in [1.165, 1.54) is 17.0 Å². The summed E-state index contributed by atoms with van der Waals surface area (Å²) in [7, 11) is 0. The number of hydrogen-bond donors (Lipinski definition) is 1. The second-order valence-corrected chi connectivity index (χ2v) is 16.4. The fourth-order valence-electron chi connectivity index (χ4n) is 7.77. The lowest BCUT2D eigenvalue weighted by Gasteiger charge is -2.46. The lowest BCUT2D eigenvalue weighted by atomic mass is 9.12. The van der Waals surface area contributed by atoms with E-state index in [1.807, 2.05) is 6.07 Å². The minimum Gasteiger partial charge on any atom is -0.447 e. The van der Waals surface area contributed by atoms with Crippen LogP contribution in [0.15, 0.2) is 122 Å². The molecule has 5 aromatic carbocycles. The smallest absolute Gasteiger partial charge is 0.416 e. The van der Waals surface area contributed by atoms with Crippen LogP contribution in [0.5, 0.6) is 0 Å². The Morgan fingerprint density at radius 2 is 0.714 bits per heavy atom. The van der Waals surface area contributed by atoms with Crippen LogP contribution in [0, 0.1) is 0 Å². The van der Waals surface area contributed by atoms with Crippen molar-refractivity contribution in [1.29, 1.82) is 0 Å². The van der Waals surface area contributed by atoms with Crippen LogP contribution in [-0.2, 0) is 60.7 Å². The lowest BCUT2D eigenvalue weighted by molar-refractivity contribution is -0.686. The summed E-state index contributed by atoms with van der Waals surface area (Å²) in [6.45, 7) is 0.0452. The molecule has 0 fully saturated rings. The Kier molecular flexibility index (Phi) is 17.0. The largest absolute Gasteiger partial charge is 0.447 e. The van der Waals surface area contributed by atoms with E-state index in [-0.39, 0.29) is 24.0 Å². The van der Waals surface area contributed by atoms with E-state index >= 15 is 0 Å². The Morgan fingerprint density at radius 1 is 0.442 bits per heavy atom. The monoisotopic (exact) mass is 1150 g/mol. The van der Waals surface area contributed by atoms with Crippen molar-refractivity contribution in [2.45, 2.75) is 56.0 Å². The van der Waals surface area contributed by atoms with Gasteiger partial charge in [-0.3, -0.25) is 9.78 Å². The second kappa shape index (κ2) is 21.5. The fourth-order valence-corrected chi connectivity index (χ4v) is 7.89. The SMILES string of the molecule is FC(F)(F)c1cc([B-](c2cc(C(F)(F)F)cc(C(F)(F)F)c2)(c2cc(C(F)(F)F)cc(C(F)(F)F)c2)c2cc(C(F)(F)F)cc(C(F)(F)F)c2)cc(C(F)(F)F)c1.O=C(C[n+]1ccncc1C(=O)OCS)c1ccccc1. The quantitative estimate of drug-likeness (QED) is 0.0298. The summed E-state index contributed by atoms with van der Waals surface area (Å²) in [5, 5.41) is 0. The number of carbonyl (C=O) groups is 2. The van der Waals surface area contributed by atoms with Crippen LogP contribution in [-0.4, -0.2) is 28.8 Å². The van der Waals surface area contributed by atoms with E-state index < -0.39 is 201 Å². The number of Topliss-reactive ketones (excluding diaryl/α,β-unsaturated/α-hetero) is 1. The molecule has 0 spiro atoms. The minimum atomic E-state index is -6.13. The molecular formula is C46H25BF24N2O3S. The number of carbonyl (C=O) groups excluding carboxylic acids is 2. The number of nitrogens with zero attached hydrogens (tertiary/aromatic N) is 2. The third-order valence-corrected chi connectivity index (χ3v) is 11.2. The lowest BCUT2D eigenvalue weighted by Crippen LogP contribution is -2.75. The first-order chi connectivity index (χ1) is 35.0. The van der Waals surface area contributed by atoms with E-state index in [0.717, 1.165) is 0 Å². The van der Waals surface area contributed by atoms with Crippen molar-refractivity contribution in [2.24, 2.45) is 0 Å². The Labute approximate surface area is 420 Å². The maximum atomic E-state index is 14.2. The van der Waals surface area contributed by atoms with E-state index in [1.54, 1.807) is 30.5 Å². The van der Waals surface area contributed by atoms with Gasteiger partial charge < -0.3 is 4.74 Å². The van der Waals surface area contributed by atoms with E-state index in [2.05, 4.69) is 17.6 Å². The predicted molar refractivity (Wildman–Crippen MR) is 225 cm³/mol. The molecule has 0 aliphatic heterocycles. The molecule has 6 aromatic rings. The van der Waals surface area contributed by atoms with Gasteiger partial charge in [-0.1, -0.05) is 78.9 Å². The molecule has 77 heavy (non-hydrogen) atoms. The molecule has 0 unspecified atom stereocenters. The van der Waals surface area contributed by atoms with Gasteiger partial charge in [0.15, 0.2) is 6.20 Å².